The van der Waals surface area contributed by atoms with E-state index in [2.05, 4.69) is 15.4 Å². The SMILES string of the molecule is NCCc1nnn(CC2C3CC4CC(C3)CC2C4)n1. The molecule has 5 nitrogen and oxygen atoms in total. The van der Waals surface area contributed by atoms with Crippen LogP contribution >= 0.6 is 0 Å². The molecule has 1 heterocycles. The highest BCUT2D eigenvalue weighted by molar-refractivity contribution is 4.97. The van der Waals surface area contributed by atoms with E-state index < -0.39 is 0 Å². The number of nitrogens with zero attached hydrogens (tertiary/aromatic N) is 4. The molecule has 4 saturated carbocycles. The molecule has 0 spiro atoms. The third-order valence-corrected chi connectivity index (χ3v) is 5.66. The minimum absolute atomic E-state index is 0.601. The Morgan fingerprint density at radius 1 is 1.05 bits per heavy atom. The topological polar surface area (TPSA) is 69.6 Å². The number of hydrogen-bond donors (Lipinski definition) is 1. The van der Waals surface area contributed by atoms with Gasteiger partial charge in [-0.15, -0.1) is 10.2 Å². The molecule has 0 amide bonds. The standard InChI is InChI=1S/C14H23N5/c15-2-1-14-16-18-19(17-14)8-13-11-4-9-3-10(6-11)7-12(13)5-9/h9-13H,1-8,15H2. The summed E-state index contributed by atoms with van der Waals surface area (Å²) in [4.78, 5) is 1.83. The summed E-state index contributed by atoms with van der Waals surface area (Å²) in [7, 11) is 0. The molecular weight excluding hydrogens is 238 g/mol. The molecule has 0 atom stereocenters. The molecule has 0 aromatic carbocycles. The number of tetrazole rings is 1. The second-order valence-corrected chi connectivity index (χ2v) is 6.89. The van der Waals surface area contributed by atoms with Crippen LogP contribution in [0.3, 0.4) is 0 Å². The Balaban J connectivity index is 1.47. The molecular formula is C14H23N5. The van der Waals surface area contributed by atoms with E-state index in [1.165, 1.54) is 32.1 Å². The Bertz CT molecular complexity index is 426. The van der Waals surface area contributed by atoms with Crippen LogP contribution in [0.2, 0.25) is 0 Å². The third-order valence-electron chi connectivity index (χ3n) is 5.66. The summed E-state index contributed by atoms with van der Waals surface area (Å²) < 4.78 is 0. The fourth-order valence-electron chi connectivity index (χ4n) is 5.11. The van der Waals surface area contributed by atoms with Crippen LogP contribution in [0.15, 0.2) is 0 Å². The third kappa shape index (κ3) is 2.08. The van der Waals surface area contributed by atoms with Gasteiger partial charge in [0, 0.05) is 6.42 Å². The van der Waals surface area contributed by atoms with Crippen molar-refractivity contribution in [3.8, 4) is 0 Å². The molecule has 2 N–H and O–H groups in total. The highest BCUT2D eigenvalue weighted by atomic mass is 15.6. The van der Waals surface area contributed by atoms with Gasteiger partial charge in [-0.1, -0.05) is 0 Å². The van der Waals surface area contributed by atoms with Gasteiger partial charge in [0.05, 0.1) is 6.54 Å². The summed E-state index contributed by atoms with van der Waals surface area (Å²) in [6, 6.07) is 0. The average molecular weight is 261 g/mol. The summed E-state index contributed by atoms with van der Waals surface area (Å²) in [5.74, 6) is 5.53. The molecule has 5 rings (SSSR count). The number of aromatic nitrogens is 4. The van der Waals surface area contributed by atoms with Crippen LogP contribution in [-0.4, -0.2) is 26.8 Å². The molecule has 0 unspecified atom stereocenters. The first-order valence-corrected chi connectivity index (χ1v) is 7.78. The van der Waals surface area contributed by atoms with Crippen molar-refractivity contribution in [3.63, 3.8) is 0 Å². The molecule has 5 heteroatoms. The lowest BCUT2D eigenvalue weighted by atomic mass is 9.52. The van der Waals surface area contributed by atoms with Crippen LogP contribution in [0, 0.1) is 29.6 Å². The van der Waals surface area contributed by atoms with Gasteiger partial charge < -0.3 is 5.73 Å². The monoisotopic (exact) mass is 261 g/mol. The summed E-state index contributed by atoms with van der Waals surface area (Å²) in [5, 5.41) is 12.8. The summed E-state index contributed by atoms with van der Waals surface area (Å²) >= 11 is 0. The predicted molar refractivity (Wildman–Crippen MR) is 71.1 cm³/mol. The van der Waals surface area contributed by atoms with Crippen molar-refractivity contribution in [3.05, 3.63) is 5.82 Å². The molecule has 1 aromatic heterocycles. The fourth-order valence-corrected chi connectivity index (χ4v) is 5.11. The maximum atomic E-state index is 5.53. The average Bonchev–Trinajstić information content (AvgIpc) is 2.81. The van der Waals surface area contributed by atoms with E-state index in [4.69, 9.17) is 5.73 Å². The molecule has 4 aliphatic carbocycles. The maximum absolute atomic E-state index is 5.53. The van der Waals surface area contributed by atoms with Gasteiger partial charge in [-0.2, -0.15) is 4.80 Å². The predicted octanol–water partition coefficient (Wildman–Crippen LogP) is 1.25. The molecule has 104 valence electrons. The lowest BCUT2D eigenvalue weighted by molar-refractivity contribution is -0.0459. The largest absolute Gasteiger partial charge is 0.330 e. The first kappa shape index (κ1) is 11.8. The van der Waals surface area contributed by atoms with Gasteiger partial charge in [0.1, 0.15) is 0 Å². The normalized spacial score (nSPS) is 39.9. The second-order valence-electron chi connectivity index (χ2n) is 6.89. The summed E-state index contributed by atoms with van der Waals surface area (Å²) in [6.45, 7) is 1.58. The fraction of sp³-hybridized carbons (Fsp3) is 0.929. The van der Waals surface area contributed by atoms with E-state index in [-0.39, 0.29) is 0 Å². The molecule has 1 aromatic rings. The smallest absolute Gasteiger partial charge is 0.176 e. The van der Waals surface area contributed by atoms with Gasteiger partial charge in [-0.25, -0.2) is 0 Å². The van der Waals surface area contributed by atoms with Crippen molar-refractivity contribution in [2.75, 3.05) is 6.54 Å². The van der Waals surface area contributed by atoms with Crippen molar-refractivity contribution < 1.29 is 0 Å². The zero-order chi connectivity index (χ0) is 12.8. The van der Waals surface area contributed by atoms with Gasteiger partial charge in [0.25, 0.3) is 0 Å². The van der Waals surface area contributed by atoms with Crippen LogP contribution in [0.1, 0.15) is 37.9 Å². The zero-order valence-electron chi connectivity index (χ0n) is 11.4. The van der Waals surface area contributed by atoms with Crippen molar-refractivity contribution in [1.82, 2.24) is 20.2 Å². The van der Waals surface area contributed by atoms with E-state index in [1.54, 1.807) is 0 Å². The Labute approximate surface area is 113 Å². The number of nitrogens with two attached hydrogens (primary N) is 1. The number of rotatable bonds is 4. The van der Waals surface area contributed by atoms with E-state index in [0.717, 1.165) is 48.4 Å². The molecule has 0 radical (unpaired) electrons. The molecule has 4 fully saturated rings. The first-order chi connectivity index (χ1) is 9.31. The second kappa shape index (κ2) is 4.54. The van der Waals surface area contributed by atoms with E-state index in [0.29, 0.717) is 6.54 Å². The highest BCUT2D eigenvalue weighted by Crippen LogP contribution is 2.56. The zero-order valence-corrected chi connectivity index (χ0v) is 11.4. The molecule has 4 aliphatic rings. The van der Waals surface area contributed by atoms with Crippen LogP contribution in [0.25, 0.3) is 0 Å². The Kier molecular flexibility index (Phi) is 2.83. The van der Waals surface area contributed by atoms with Crippen molar-refractivity contribution in [2.24, 2.45) is 35.3 Å². The molecule has 4 bridgehead atoms. The highest BCUT2D eigenvalue weighted by Gasteiger charge is 2.48. The van der Waals surface area contributed by atoms with Crippen molar-refractivity contribution in [1.29, 1.82) is 0 Å². The van der Waals surface area contributed by atoms with Crippen LogP contribution < -0.4 is 5.73 Å². The van der Waals surface area contributed by atoms with Gasteiger partial charge in [-0.05, 0) is 73.5 Å². The summed E-state index contributed by atoms with van der Waals surface area (Å²) in [6.07, 6.45) is 8.09. The van der Waals surface area contributed by atoms with E-state index in [1.807, 2.05) is 4.80 Å². The van der Waals surface area contributed by atoms with Crippen LogP contribution in [0.5, 0.6) is 0 Å². The maximum Gasteiger partial charge on any atom is 0.176 e. The molecule has 0 saturated heterocycles. The Morgan fingerprint density at radius 3 is 2.37 bits per heavy atom. The Hall–Kier alpha value is -0.970. The summed E-state index contributed by atoms with van der Waals surface area (Å²) in [5.41, 5.74) is 5.53. The van der Waals surface area contributed by atoms with Crippen molar-refractivity contribution >= 4 is 0 Å². The lowest BCUT2D eigenvalue weighted by Crippen LogP contribution is -2.46. The van der Waals surface area contributed by atoms with E-state index in [9.17, 15) is 0 Å². The Morgan fingerprint density at radius 2 is 1.74 bits per heavy atom. The minimum atomic E-state index is 0.601. The van der Waals surface area contributed by atoms with Gasteiger partial charge in [0.2, 0.25) is 0 Å². The van der Waals surface area contributed by atoms with Crippen LogP contribution in [-0.2, 0) is 13.0 Å². The number of hydrogen-bond acceptors (Lipinski definition) is 4. The van der Waals surface area contributed by atoms with Crippen molar-refractivity contribution in [2.45, 2.75) is 45.1 Å². The molecule has 0 aliphatic heterocycles. The quantitative estimate of drug-likeness (QED) is 0.885. The first-order valence-electron chi connectivity index (χ1n) is 7.78. The van der Waals surface area contributed by atoms with Crippen LogP contribution in [0.4, 0.5) is 0 Å². The van der Waals surface area contributed by atoms with Gasteiger partial charge in [0.15, 0.2) is 5.82 Å². The van der Waals surface area contributed by atoms with Gasteiger partial charge >= 0.3 is 0 Å². The van der Waals surface area contributed by atoms with E-state index >= 15 is 0 Å². The van der Waals surface area contributed by atoms with Gasteiger partial charge in [-0.3, -0.25) is 0 Å². The lowest BCUT2D eigenvalue weighted by Gasteiger charge is -2.54. The molecule has 19 heavy (non-hydrogen) atoms. The minimum Gasteiger partial charge on any atom is -0.330 e.